The number of carbonyl (C=O) groups excluding carboxylic acids is 1. The molecule has 4 rings (SSSR count). The Balaban J connectivity index is 1.34. The SMILES string of the molecule is COc1ccc2nc(C(=O)N3CCC(OCC4CCCO4)CC3)ccc2c1. The first-order chi connectivity index (χ1) is 13.2. The number of amides is 1. The molecule has 1 amide bonds. The van der Waals surface area contributed by atoms with E-state index < -0.39 is 0 Å². The van der Waals surface area contributed by atoms with Gasteiger partial charge in [-0.2, -0.15) is 0 Å². The molecule has 2 aliphatic heterocycles. The molecule has 2 aliphatic rings. The number of aromatic nitrogens is 1. The first-order valence-corrected chi connectivity index (χ1v) is 9.70. The Hall–Kier alpha value is -2.18. The van der Waals surface area contributed by atoms with Gasteiger partial charge in [-0.1, -0.05) is 6.07 Å². The van der Waals surface area contributed by atoms with Gasteiger partial charge < -0.3 is 19.1 Å². The van der Waals surface area contributed by atoms with Gasteiger partial charge in [-0.05, 0) is 49.9 Å². The standard InChI is InChI=1S/C21H26N2O4/c1-25-17-5-7-19-15(13-17)4-6-20(22-19)21(24)23-10-8-16(9-11-23)27-14-18-3-2-12-26-18/h4-7,13,16,18H,2-3,8-12,14H2,1H3. The molecule has 144 valence electrons. The molecule has 1 aromatic carbocycles. The average Bonchev–Trinajstić information content (AvgIpc) is 3.25. The van der Waals surface area contributed by atoms with Crippen LogP contribution in [0.5, 0.6) is 5.75 Å². The molecule has 2 saturated heterocycles. The molecule has 0 spiro atoms. The number of hydrogen-bond acceptors (Lipinski definition) is 5. The molecule has 0 bridgehead atoms. The van der Waals surface area contributed by atoms with Crippen molar-refractivity contribution in [3.8, 4) is 5.75 Å². The van der Waals surface area contributed by atoms with Crippen molar-refractivity contribution in [2.75, 3.05) is 33.4 Å². The minimum Gasteiger partial charge on any atom is -0.497 e. The third-order valence-electron chi connectivity index (χ3n) is 5.39. The van der Waals surface area contributed by atoms with Crippen molar-refractivity contribution in [2.24, 2.45) is 0 Å². The van der Waals surface area contributed by atoms with Gasteiger partial charge in [0.1, 0.15) is 11.4 Å². The number of nitrogens with zero attached hydrogens (tertiary/aromatic N) is 2. The molecule has 0 N–H and O–H groups in total. The van der Waals surface area contributed by atoms with Crippen molar-refractivity contribution < 1.29 is 19.0 Å². The van der Waals surface area contributed by atoms with Crippen LogP contribution in [-0.4, -0.2) is 61.4 Å². The molecule has 6 heteroatoms. The Kier molecular flexibility index (Phi) is 5.55. The zero-order valence-electron chi connectivity index (χ0n) is 15.7. The van der Waals surface area contributed by atoms with E-state index >= 15 is 0 Å². The maximum Gasteiger partial charge on any atom is 0.272 e. The number of piperidine rings is 1. The molecular formula is C21H26N2O4. The highest BCUT2D eigenvalue weighted by molar-refractivity contribution is 5.95. The summed E-state index contributed by atoms with van der Waals surface area (Å²) in [4.78, 5) is 19.2. The van der Waals surface area contributed by atoms with Gasteiger partial charge in [0.15, 0.2) is 0 Å². The molecule has 0 aliphatic carbocycles. The summed E-state index contributed by atoms with van der Waals surface area (Å²) >= 11 is 0. The molecule has 1 unspecified atom stereocenters. The average molecular weight is 370 g/mol. The molecule has 0 saturated carbocycles. The van der Waals surface area contributed by atoms with E-state index in [1.807, 2.05) is 29.2 Å². The minimum absolute atomic E-state index is 0.00899. The second kappa shape index (κ2) is 8.23. The molecule has 6 nitrogen and oxygen atoms in total. The van der Waals surface area contributed by atoms with Crippen LogP contribution < -0.4 is 4.74 Å². The molecule has 2 aromatic rings. The summed E-state index contributed by atoms with van der Waals surface area (Å²) in [6, 6.07) is 9.39. The number of benzene rings is 1. The number of rotatable bonds is 5. The lowest BCUT2D eigenvalue weighted by Crippen LogP contribution is -2.41. The van der Waals surface area contributed by atoms with Gasteiger partial charge in [0, 0.05) is 25.1 Å². The Morgan fingerprint density at radius 1 is 1.22 bits per heavy atom. The predicted molar refractivity (Wildman–Crippen MR) is 102 cm³/mol. The van der Waals surface area contributed by atoms with Crippen LogP contribution in [0.15, 0.2) is 30.3 Å². The normalized spacial score (nSPS) is 20.9. The predicted octanol–water partition coefficient (Wildman–Crippen LogP) is 3.04. The number of methoxy groups -OCH3 is 1. The van der Waals surface area contributed by atoms with Gasteiger partial charge in [0.05, 0.1) is 31.4 Å². The lowest BCUT2D eigenvalue weighted by molar-refractivity contribution is -0.0395. The maximum atomic E-state index is 12.8. The van der Waals surface area contributed by atoms with Gasteiger partial charge in [-0.15, -0.1) is 0 Å². The molecule has 1 aromatic heterocycles. The fourth-order valence-corrected chi connectivity index (χ4v) is 3.76. The highest BCUT2D eigenvalue weighted by Gasteiger charge is 2.26. The van der Waals surface area contributed by atoms with Gasteiger partial charge in [0.25, 0.3) is 5.91 Å². The van der Waals surface area contributed by atoms with Crippen molar-refractivity contribution in [3.63, 3.8) is 0 Å². The van der Waals surface area contributed by atoms with E-state index in [9.17, 15) is 4.79 Å². The number of carbonyl (C=O) groups is 1. The summed E-state index contributed by atoms with van der Waals surface area (Å²) in [5, 5.41) is 0.965. The summed E-state index contributed by atoms with van der Waals surface area (Å²) < 4.78 is 16.8. The van der Waals surface area contributed by atoms with E-state index in [0.29, 0.717) is 25.4 Å². The quantitative estimate of drug-likeness (QED) is 0.810. The monoisotopic (exact) mass is 370 g/mol. The van der Waals surface area contributed by atoms with Gasteiger partial charge in [-0.25, -0.2) is 4.98 Å². The van der Waals surface area contributed by atoms with E-state index in [2.05, 4.69) is 4.98 Å². The smallest absolute Gasteiger partial charge is 0.272 e. The second-order valence-corrected chi connectivity index (χ2v) is 7.22. The Morgan fingerprint density at radius 2 is 2.07 bits per heavy atom. The molecule has 27 heavy (non-hydrogen) atoms. The highest BCUT2D eigenvalue weighted by Crippen LogP contribution is 2.22. The summed E-state index contributed by atoms with van der Waals surface area (Å²) in [5.41, 5.74) is 1.29. The number of likely N-dealkylation sites (tertiary alicyclic amines) is 1. The van der Waals surface area contributed by atoms with Crippen molar-refractivity contribution in [2.45, 2.75) is 37.9 Å². The number of fused-ring (bicyclic) bond motifs is 1. The molecule has 3 heterocycles. The van der Waals surface area contributed by atoms with Crippen molar-refractivity contribution in [3.05, 3.63) is 36.0 Å². The zero-order valence-corrected chi connectivity index (χ0v) is 15.7. The molecule has 1 atom stereocenters. The van der Waals surface area contributed by atoms with Crippen LogP contribution in [0.25, 0.3) is 10.9 Å². The summed E-state index contributed by atoms with van der Waals surface area (Å²) in [6.45, 7) is 2.94. The Bertz CT molecular complexity index is 796. The fourth-order valence-electron chi connectivity index (χ4n) is 3.76. The van der Waals surface area contributed by atoms with Crippen LogP contribution in [0.1, 0.15) is 36.2 Å². The van der Waals surface area contributed by atoms with Crippen LogP contribution in [0.2, 0.25) is 0 Å². The van der Waals surface area contributed by atoms with Gasteiger partial charge in [0.2, 0.25) is 0 Å². The van der Waals surface area contributed by atoms with Crippen molar-refractivity contribution in [1.29, 1.82) is 0 Å². The van der Waals surface area contributed by atoms with E-state index in [-0.39, 0.29) is 18.1 Å². The van der Waals surface area contributed by atoms with Crippen molar-refractivity contribution >= 4 is 16.8 Å². The fraction of sp³-hybridized carbons (Fsp3) is 0.524. The number of pyridine rings is 1. The van der Waals surface area contributed by atoms with Gasteiger partial charge in [-0.3, -0.25) is 4.79 Å². The zero-order chi connectivity index (χ0) is 18.6. The first kappa shape index (κ1) is 18.2. The van der Waals surface area contributed by atoms with Gasteiger partial charge >= 0.3 is 0 Å². The Morgan fingerprint density at radius 3 is 2.81 bits per heavy atom. The lowest BCUT2D eigenvalue weighted by atomic mass is 10.1. The summed E-state index contributed by atoms with van der Waals surface area (Å²) in [7, 11) is 1.64. The molecular weight excluding hydrogens is 344 g/mol. The lowest BCUT2D eigenvalue weighted by Gasteiger charge is -2.32. The molecule has 2 fully saturated rings. The van der Waals surface area contributed by atoms with Crippen LogP contribution >= 0.6 is 0 Å². The second-order valence-electron chi connectivity index (χ2n) is 7.22. The topological polar surface area (TPSA) is 60.9 Å². The van der Waals surface area contributed by atoms with E-state index in [1.54, 1.807) is 13.2 Å². The van der Waals surface area contributed by atoms with E-state index in [4.69, 9.17) is 14.2 Å². The van der Waals surface area contributed by atoms with Crippen molar-refractivity contribution in [1.82, 2.24) is 9.88 Å². The number of hydrogen-bond donors (Lipinski definition) is 0. The largest absolute Gasteiger partial charge is 0.497 e. The highest BCUT2D eigenvalue weighted by atomic mass is 16.5. The maximum absolute atomic E-state index is 12.8. The third kappa shape index (κ3) is 4.22. The van der Waals surface area contributed by atoms with Crippen LogP contribution in [0, 0.1) is 0 Å². The third-order valence-corrected chi connectivity index (χ3v) is 5.39. The summed E-state index contributed by atoms with van der Waals surface area (Å²) in [5.74, 6) is 0.777. The van der Waals surface area contributed by atoms with Crippen LogP contribution in [0.3, 0.4) is 0 Å². The van der Waals surface area contributed by atoms with E-state index in [0.717, 1.165) is 48.9 Å². The van der Waals surface area contributed by atoms with Crippen LogP contribution in [-0.2, 0) is 9.47 Å². The van der Waals surface area contributed by atoms with E-state index in [1.165, 1.54) is 0 Å². The number of ether oxygens (including phenoxy) is 3. The van der Waals surface area contributed by atoms with Crippen LogP contribution in [0.4, 0.5) is 0 Å². The Labute approximate surface area is 159 Å². The summed E-state index contributed by atoms with van der Waals surface area (Å²) in [6.07, 6.45) is 4.43. The molecule has 0 radical (unpaired) electrons. The minimum atomic E-state index is -0.00899. The first-order valence-electron chi connectivity index (χ1n) is 9.70.